The van der Waals surface area contributed by atoms with Crippen molar-refractivity contribution in [1.29, 1.82) is 0 Å². The highest BCUT2D eigenvalue weighted by molar-refractivity contribution is 5.91. The highest BCUT2D eigenvalue weighted by Crippen LogP contribution is 2.18. The van der Waals surface area contributed by atoms with Gasteiger partial charge in [0.1, 0.15) is 12.7 Å². The molecule has 2 aromatic heterocycles. The molecule has 0 aromatic carbocycles. The Bertz CT molecular complexity index is 609. The van der Waals surface area contributed by atoms with E-state index in [1.165, 1.54) is 12.7 Å². The molecule has 3 rings (SSSR count). The number of hydrogen-bond donors (Lipinski definition) is 1. The van der Waals surface area contributed by atoms with E-state index in [9.17, 15) is 4.79 Å². The number of hydrogen-bond acceptors (Lipinski definition) is 6. The summed E-state index contributed by atoms with van der Waals surface area (Å²) in [5, 5.41) is 10.7. The number of piperidine rings is 1. The van der Waals surface area contributed by atoms with Crippen molar-refractivity contribution in [3.05, 3.63) is 24.4 Å². The van der Waals surface area contributed by atoms with Gasteiger partial charge in [-0.2, -0.15) is 5.10 Å². The molecular weight excluding hydrogens is 284 g/mol. The first-order valence-corrected chi connectivity index (χ1v) is 7.50. The summed E-state index contributed by atoms with van der Waals surface area (Å²) in [4.78, 5) is 18.3. The van der Waals surface area contributed by atoms with Gasteiger partial charge in [-0.15, -0.1) is 0 Å². The van der Waals surface area contributed by atoms with Crippen LogP contribution in [0, 0.1) is 6.92 Å². The Kier molecular flexibility index (Phi) is 4.47. The monoisotopic (exact) mass is 304 g/mol. The minimum absolute atomic E-state index is 0.0818. The van der Waals surface area contributed by atoms with E-state index in [1.807, 2.05) is 11.6 Å². The molecular formula is C14H20N6O2. The van der Waals surface area contributed by atoms with Gasteiger partial charge < -0.3 is 4.52 Å². The fourth-order valence-corrected chi connectivity index (χ4v) is 2.80. The highest BCUT2D eigenvalue weighted by atomic mass is 16.5. The molecule has 1 saturated heterocycles. The Balaban J connectivity index is 1.57. The SMILES string of the molecule is Cc1cc(NC(=O)CN2CCCCC2Cn2cncn2)on1. The summed E-state index contributed by atoms with van der Waals surface area (Å²) in [5.74, 6) is 0.314. The number of amides is 1. The van der Waals surface area contributed by atoms with E-state index >= 15 is 0 Å². The van der Waals surface area contributed by atoms with Crippen LogP contribution in [-0.4, -0.2) is 49.9 Å². The molecule has 1 aliphatic heterocycles. The zero-order valence-electron chi connectivity index (χ0n) is 12.6. The van der Waals surface area contributed by atoms with Gasteiger partial charge in [-0.1, -0.05) is 11.6 Å². The average Bonchev–Trinajstić information content (AvgIpc) is 3.13. The Morgan fingerprint density at radius 3 is 3.14 bits per heavy atom. The molecule has 1 atom stereocenters. The van der Waals surface area contributed by atoms with E-state index in [2.05, 4.69) is 25.5 Å². The van der Waals surface area contributed by atoms with E-state index in [0.717, 1.165) is 31.6 Å². The number of likely N-dealkylation sites (tertiary alicyclic amines) is 1. The van der Waals surface area contributed by atoms with E-state index < -0.39 is 0 Å². The third-order valence-electron chi connectivity index (χ3n) is 3.85. The molecule has 22 heavy (non-hydrogen) atoms. The number of carbonyl (C=O) groups excluding carboxylic acids is 1. The van der Waals surface area contributed by atoms with Crippen LogP contribution < -0.4 is 5.32 Å². The first-order valence-electron chi connectivity index (χ1n) is 7.50. The second-order valence-electron chi connectivity index (χ2n) is 5.62. The largest absolute Gasteiger partial charge is 0.338 e. The number of nitrogens with one attached hydrogen (secondary N) is 1. The molecule has 8 heteroatoms. The summed E-state index contributed by atoms with van der Waals surface area (Å²) < 4.78 is 6.83. The molecule has 0 saturated carbocycles. The smallest absolute Gasteiger partial charge is 0.240 e. The minimum atomic E-state index is -0.0818. The Hall–Kier alpha value is -2.22. The standard InChI is InChI=1S/C14H20N6O2/c1-11-6-14(22-18-11)17-13(21)8-19-5-3-2-4-12(19)7-20-10-15-9-16-20/h6,9-10,12H,2-5,7-8H2,1H3,(H,17,21). The quantitative estimate of drug-likeness (QED) is 0.888. The predicted molar refractivity (Wildman–Crippen MR) is 79.1 cm³/mol. The summed E-state index contributed by atoms with van der Waals surface area (Å²) in [6, 6.07) is 2.01. The Labute approximate surface area is 128 Å². The van der Waals surface area contributed by atoms with E-state index in [4.69, 9.17) is 4.52 Å². The maximum Gasteiger partial charge on any atom is 0.240 e. The average molecular weight is 304 g/mol. The summed E-state index contributed by atoms with van der Waals surface area (Å²) in [5.41, 5.74) is 0.748. The topological polar surface area (TPSA) is 89.1 Å². The molecule has 1 unspecified atom stereocenters. The van der Waals surface area contributed by atoms with Gasteiger partial charge in [-0.3, -0.25) is 19.7 Å². The molecule has 2 aromatic rings. The normalized spacial score (nSPS) is 19.2. The molecule has 1 fully saturated rings. The molecule has 8 nitrogen and oxygen atoms in total. The fourth-order valence-electron chi connectivity index (χ4n) is 2.80. The maximum absolute atomic E-state index is 12.2. The van der Waals surface area contributed by atoms with E-state index in [1.54, 1.807) is 12.4 Å². The van der Waals surface area contributed by atoms with Gasteiger partial charge in [-0.25, -0.2) is 4.98 Å². The van der Waals surface area contributed by atoms with Gasteiger partial charge in [0.25, 0.3) is 0 Å². The Morgan fingerprint density at radius 1 is 1.50 bits per heavy atom. The highest BCUT2D eigenvalue weighted by Gasteiger charge is 2.25. The van der Waals surface area contributed by atoms with Gasteiger partial charge in [0.05, 0.1) is 18.8 Å². The zero-order chi connectivity index (χ0) is 15.4. The van der Waals surface area contributed by atoms with Crippen molar-refractivity contribution >= 4 is 11.8 Å². The Morgan fingerprint density at radius 2 is 2.41 bits per heavy atom. The molecule has 0 bridgehead atoms. The fraction of sp³-hybridized carbons (Fsp3) is 0.571. The van der Waals surface area contributed by atoms with Gasteiger partial charge >= 0.3 is 0 Å². The second kappa shape index (κ2) is 6.69. The molecule has 1 aliphatic rings. The van der Waals surface area contributed by atoms with Gasteiger partial charge in [0.2, 0.25) is 11.8 Å². The van der Waals surface area contributed by atoms with Crippen LogP contribution in [0.5, 0.6) is 0 Å². The summed E-state index contributed by atoms with van der Waals surface area (Å²) in [6.07, 6.45) is 6.60. The maximum atomic E-state index is 12.2. The number of aryl methyl sites for hydroxylation is 1. The van der Waals surface area contributed by atoms with Crippen LogP contribution in [0.3, 0.4) is 0 Å². The molecule has 0 spiro atoms. The van der Waals surface area contributed by atoms with Crippen LogP contribution in [0.2, 0.25) is 0 Å². The molecule has 0 radical (unpaired) electrons. The number of rotatable bonds is 5. The van der Waals surface area contributed by atoms with E-state index in [-0.39, 0.29) is 5.91 Å². The number of carbonyl (C=O) groups is 1. The van der Waals surface area contributed by atoms with Crippen LogP contribution >= 0.6 is 0 Å². The van der Waals surface area contributed by atoms with Crippen molar-refractivity contribution < 1.29 is 9.32 Å². The van der Waals surface area contributed by atoms with Crippen LogP contribution in [0.1, 0.15) is 25.0 Å². The third kappa shape index (κ3) is 3.70. The van der Waals surface area contributed by atoms with Crippen LogP contribution in [-0.2, 0) is 11.3 Å². The van der Waals surface area contributed by atoms with Crippen molar-refractivity contribution in [1.82, 2.24) is 24.8 Å². The summed E-state index contributed by atoms with van der Waals surface area (Å²) >= 11 is 0. The zero-order valence-corrected chi connectivity index (χ0v) is 12.6. The van der Waals surface area contributed by atoms with Crippen molar-refractivity contribution in [2.24, 2.45) is 0 Å². The lowest BCUT2D eigenvalue weighted by Crippen LogP contribution is -2.45. The second-order valence-corrected chi connectivity index (χ2v) is 5.62. The van der Waals surface area contributed by atoms with E-state index in [0.29, 0.717) is 18.5 Å². The van der Waals surface area contributed by atoms with Gasteiger partial charge in [0.15, 0.2) is 0 Å². The first kappa shape index (κ1) is 14.7. The molecule has 1 amide bonds. The number of aromatic nitrogens is 4. The van der Waals surface area contributed by atoms with Crippen LogP contribution in [0.4, 0.5) is 5.88 Å². The minimum Gasteiger partial charge on any atom is -0.338 e. The summed E-state index contributed by atoms with van der Waals surface area (Å²) in [6.45, 7) is 3.84. The lowest BCUT2D eigenvalue weighted by Gasteiger charge is -2.34. The van der Waals surface area contributed by atoms with Crippen molar-refractivity contribution in [3.8, 4) is 0 Å². The van der Waals surface area contributed by atoms with Crippen LogP contribution in [0.25, 0.3) is 0 Å². The molecule has 1 N–H and O–H groups in total. The van der Waals surface area contributed by atoms with Gasteiger partial charge in [0, 0.05) is 12.1 Å². The summed E-state index contributed by atoms with van der Waals surface area (Å²) in [7, 11) is 0. The number of nitrogens with zero attached hydrogens (tertiary/aromatic N) is 5. The van der Waals surface area contributed by atoms with Gasteiger partial charge in [-0.05, 0) is 26.3 Å². The van der Waals surface area contributed by atoms with Crippen molar-refractivity contribution in [2.75, 3.05) is 18.4 Å². The van der Waals surface area contributed by atoms with Crippen LogP contribution in [0.15, 0.2) is 23.2 Å². The predicted octanol–water partition coefficient (Wildman–Crippen LogP) is 1.07. The van der Waals surface area contributed by atoms with Crippen molar-refractivity contribution in [3.63, 3.8) is 0 Å². The molecule has 0 aliphatic carbocycles. The molecule has 118 valence electrons. The molecule has 3 heterocycles. The van der Waals surface area contributed by atoms with Crippen molar-refractivity contribution in [2.45, 2.75) is 38.8 Å². The first-order chi connectivity index (χ1) is 10.7. The third-order valence-corrected chi connectivity index (χ3v) is 3.85. The number of anilines is 1. The lowest BCUT2D eigenvalue weighted by molar-refractivity contribution is -0.118. The lowest BCUT2D eigenvalue weighted by atomic mass is 10.0.